The fraction of sp³-hybridized carbons (Fsp3) is 0.316. The van der Waals surface area contributed by atoms with E-state index in [0.29, 0.717) is 11.5 Å². The number of nitriles is 1. The lowest BCUT2D eigenvalue weighted by Crippen LogP contribution is -2.34. The highest BCUT2D eigenvalue weighted by atomic mass is 16.5. The van der Waals surface area contributed by atoms with Gasteiger partial charge in [-0.25, -0.2) is 0 Å². The van der Waals surface area contributed by atoms with Gasteiger partial charge in [-0.1, -0.05) is 38.1 Å². The summed E-state index contributed by atoms with van der Waals surface area (Å²) in [6.07, 6.45) is 0. The second-order valence-electron chi connectivity index (χ2n) is 6.07. The molecule has 2 nitrogen and oxygen atoms in total. The molecule has 0 spiro atoms. The van der Waals surface area contributed by atoms with Crippen LogP contribution in [0.3, 0.4) is 0 Å². The lowest BCUT2D eigenvalue weighted by molar-refractivity contribution is 0.0600. The van der Waals surface area contributed by atoms with E-state index in [1.54, 1.807) is 0 Å². The van der Waals surface area contributed by atoms with Gasteiger partial charge in [0, 0.05) is 0 Å². The van der Waals surface area contributed by atoms with Gasteiger partial charge in [-0.15, -0.1) is 0 Å². The van der Waals surface area contributed by atoms with Crippen molar-refractivity contribution in [2.45, 2.75) is 33.3 Å². The lowest BCUT2D eigenvalue weighted by atomic mass is 9.94. The first-order chi connectivity index (χ1) is 9.92. The highest BCUT2D eigenvalue weighted by molar-refractivity contribution is 5.64. The van der Waals surface area contributed by atoms with Crippen molar-refractivity contribution in [2.24, 2.45) is 5.92 Å². The van der Waals surface area contributed by atoms with Crippen molar-refractivity contribution in [3.8, 4) is 22.9 Å². The Kier molecular flexibility index (Phi) is 4.33. The van der Waals surface area contributed by atoms with Gasteiger partial charge in [-0.3, -0.25) is 0 Å². The largest absolute Gasteiger partial charge is 0.488 e. The Morgan fingerprint density at radius 3 is 1.81 bits per heavy atom. The van der Waals surface area contributed by atoms with Gasteiger partial charge < -0.3 is 4.74 Å². The maximum Gasteiger partial charge on any atom is 0.120 e. The van der Waals surface area contributed by atoms with Crippen molar-refractivity contribution in [3.05, 3.63) is 54.1 Å². The SMILES string of the molecule is CC(C)C(C)(C)Oc1ccc(-c2ccc(C#N)cc2)cc1. The van der Waals surface area contributed by atoms with Crippen LogP contribution in [-0.4, -0.2) is 5.60 Å². The maximum absolute atomic E-state index is 8.82. The van der Waals surface area contributed by atoms with Crippen LogP contribution in [0.1, 0.15) is 33.3 Å². The van der Waals surface area contributed by atoms with E-state index in [0.717, 1.165) is 16.9 Å². The smallest absolute Gasteiger partial charge is 0.120 e. The molecule has 0 N–H and O–H groups in total. The van der Waals surface area contributed by atoms with Crippen LogP contribution in [0.5, 0.6) is 5.75 Å². The maximum atomic E-state index is 8.82. The monoisotopic (exact) mass is 279 g/mol. The Bertz CT molecular complexity index is 631. The fourth-order valence-corrected chi connectivity index (χ4v) is 1.87. The molecule has 0 aromatic heterocycles. The molecule has 0 saturated heterocycles. The fourth-order valence-electron chi connectivity index (χ4n) is 1.87. The minimum absolute atomic E-state index is 0.185. The number of benzene rings is 2. The van der Waals surface area contributed by atoms with E-state index in [4.69, 9.17) is 10.00 Å². The molecule has 0 heterocycles. The van der Waals surface area contributed by atoms with Gasteiger partial charge >= 0.3 is 0 Å². The summed E-state index contributed by atoms with van der Waals surface area (Å²) >= 11 is 0. The van der Waals surface area contributed by atoms with E-state index in [2.05, 4.69) is 33.8 Å². The number of hydrogen-bond donors (Lipinski definition) is 0. The minimum atomic E-state index is -0.185. The van der Waals surface area contributed by atoms with Gasteiger partial charge in [0.25, 0.3) is 0 Å². The van der Waals surface area contributed by atoms with E-state index in [9.17, 15) is 0 Å². The van der Waals surface area contributed by atoms with Gasteiger partial charge in [0.2, 0.25) is 0 Å². The summed E-state index contributed by atoms with van der Waals surface area (Å²) in [5.74, 6) is 1.32. The van der Waals surface area contributed by atoms with Crippen LogP contribution in [-0.2, 0) is 0 Å². The molecule has 0 amide bonds. The zero-order chi connectivity index (χ0) is 15.5. The van der Waals surface area contributed by atoms with E-state index in [-0.39, 0.29) is 5.60 Å². The molecular formula is C19H21NO. The molecular weight excluding hydrogens is 258 g/mol. The molecule has 0 aliphatic rings. The standard InChI is InChI=1S/C19H21NO/c1-14(2)19(3,4)21-18-11-9-17(10-12-18)16-7-5-15(13-20)6-8-16/h5-12,14H,1-4H3. The minimum Gasteiger partial charge on any atom is -0.488 e. The van der Waals surface area contributed by atoms with Gasteiger partial charge in [-0.05, 0) is 55.2 Å². The lowest BCUT2D eigenvalue weighted by Gasteiger charge is -2.30. The Morgan fingerprint density at radius 1 is 0.905 bits per heavy atom. The summed E-state index contributed by atoms with van der Waals surface area (Å²) < 4.78 is 6.05. The molecule has 0 bridgehead atoms. The number of hydrogen-bond acceptors (Lipinski definition) is 2. The summed E-state index contributed by atoms with van der Waals surface area (Å²) in [6.45, 7) is 8.52. The van der Waals surface area contributed by atoms with Crippen LogP contribution in [0.2, 0.25) is 0 Å². The molecule has 2 aromatic rings. The first kappa shape index (κ1) is 15.1. The average Bonchev–Trinajstić information content (AvgIpc) is 2.48. The Hall–Kier alpha value is -2.27. The Morgan fingerprint density at radius 2 is 1.38 bits per heavy atom. The summed E-state index contributed by atoms with van der Waals surface area (Å²) in [5, 5.41) is 8.82. The van der Waals surface area contributed by atoms with Crippen LogP contribution >= 0.6 is 0 Å². The average molecular weight is 279 g/mol. The third-order valence-electron chi connectivity index (χ3n) is 3.97. The highest BCUT2D eigenvalue weighted by Gasteiger charge is 2.24. The first-order valence-electron chi connectivity index (χ1n) is 7.22. The van der Waals surface area contributed by atoms with Gasteiger partial charge in [0.1, 0.15) is 11.4 Å². The zero-order valence-electron chi connectivity index (χ0n) is 13.1. The summed E-state index contributed by atoms with van der Waals surface area (Å²) in [4.78, 5) is 0. The molecule has 0 saturated carbocycles. The molecule has 0 fully saturated rings. The van der Waals surface area contributed by atoms with Crippen molar-refractivity contribution in [1.29, 1.82) is 5.26 Å². The molecule has 2 heteroatoms. The molecule has 0 radical (unpaired) electrons. The molecule has 0 aliphatic heterocycles. The Balaban J connectivity index is 2.17. The predicted molar refractivity (Wildman–Crippen MR) is 86.1 cm³/mol. The third-order valence-corrected chi connectivity index (χ3v) is 3.97. The van der Waals surface area contributed by atoms with Crippen LogP contribution < -0.4 is 4.74 Å². The second-order valence-corrected chi connectivity index (χ2v) is 6.07. The molecule has 0 unspecified atom stereocenters. The molecule has 0 atom stereocenters. The van der Waals surface area contributed by atoms with Gasteiger partial charge in [-0.2, -0.15) is 5.26 Å². The summed E-state index contributed by atoms with van der Waals surface area (Å²) in [7, 11) is 0. The zero-order valence-corrected chi connectivity index (χ0v) is 13.1. The molecule has 2 rings (SSSR count). The predicted octanol–water partition coefficient (Wildman–Crippen LogP) is 5.04. The number of rotatable bonds is 4. The molecule has 0 aliphatic carbocycles. The van der Waals surface area contributed by atoms with E-state index >= 15 is 0 Å². The molecule has 21 heavy (non-hydrogen) atoms. The van der Waals surface area contributed by atoms with Gasteiger partial charge in [0.15, 0.2) is 0 Å². The van der Waals surface area contributed by atoms with E-state index < -0.39 is 0 Å². The summed E-state index contributed by atoms with van der Waals surface area (Å²) in [6, 6.07) is 17.8. The quantitative estimate of drug-likeness (QED) is 0.785. The molecule has 108 valence electrons. The van der Waals surface area contributed by atoms with E-state index in [1.165, 1.54) is 0 Å². The summed E-state index contributed by atoms with van der Waals surface area (Å²) in [5.41, 5.74) is 2.71. The Labute approximate surface area is 127 Å². The highest BCUT2D eigenvalue weighted by Crippen LogP contribution is 2.27. The van der Waals surface area contributed by atoms with Crippen LogP contribution in [0.25, 0.3) is 11.1 Å². The van der Waals surface area contributed by atoms with Crippen molar-refractivity contribution in [2.75, 3.05) is 0 Å². The third kappa shape index (κ3) is 3.64. The number of nitrogens with zero attached hydrogens (tertiary/aromatic N) is 1. The van der Waals surface area contributed by atoms with Crippen molar-refractivity contribution in [1.82, 2.24) is 0 Å². The molecule has 2 aromatic carbocycles. The van der Waals surface area contributed by atoms with E-state index in [1.807, 2.05) is 48.5 Å². The second kappa shape index (κ2) is 6.01. The number of ether oxygens (including phenoxy) is 1. The van der Waals surface area contributed by atoms with Crippen LogP contribution in [0.4, 0.5) is 0 Å². The normalized spacial score (nSPS) is 11.2. The first-order valence-corrected chi connectivity index (χ1v) is 7.22. The van der Waals surface area contributed by atoms with Gasteiger partial charge in [0.05, 0.1) is 11.6 Å². The van der Waals surface area contributed by atoms with Crippen molar-refractivity contribution < 1.29 is 4.74 Å². The van der Waals surface area contributed by atoms with Crippen LogP contribution in [0, 0.1) is 17.2 Å². The van der Waals surface area contributed by atoms with Crippen molar-refractivity contribution >= 4 is 0 Å². The van der Waals surface area contributed by atoms with Crippen molar-refractivity contribution in [3.63, 3.8) is 0 Å². The topological polar surface area (TPSA) is 33.0 Å². The van der Waals surface area contributed by atoms with Crippen LogP contribution in [0.15, 0.2) is 48.5 Å².